The van der Waals surface area contributed by atoms with Gasteiger partial charge in [0, 0.05) is 26.2 Å². The van der Waals surface area contributed by atoms with Crippen molar-refractivity contribution < 1.29 is 13.2 Å². The van der Waals surface area contributed by atoms with E-state index in [4.69, 9.17) is 4.74 Å². The van der Waals surface area contributed by atoms with Crippen molar-refractivity contribution in [3.05, 3.63) is 60.2 Å². The largest absolute Gasteiger partial charge is 0.495 e. The minimum absolute atomic E-state index is 0.244. The lowest BCUT2D eigenvalue weighted by Gasteiger charge is -2.22. The van der Waals surface area contributed by atoms with Crippen LogP contribution in [-0.4, -0.2) is 50.9 Å². The van der Waals surface area contributed by atoms with Crippen molar-refractivity contribution in [2.45, 2.75) is 17.9 Å². The highest BCUT2D eigenvalue weighted by atomic mass is 32.2. The first kappa shape index (κ1) is 17.9. The summed E-state index contributed by atoms with van der Waals surface area (Å²) in [7, 11) is -2.04. The molecule has 0 bridgehead atoms. The molecule has 3 rings (SSSR count). The Morgan fingerprint density at radius 2 is 1.64 bits per heavy atom. The molecule has 1 heterocycles. The molecule has 0 N–H and O–H groups in total. The summed E-state index contributed by atoms with van der Waals surface area (Å²) in [5.41, 5.74) is 1.25. The maximum absolute atomic E-state index is 13.0. The molecule has 1 aliphatic heterocycles. The molecule has 2 aromatic carbocycles. The Bertz CT molecular complexity index is 793. The Kier molecular flexibility index (Phi) is 5.73. The molecule has 6 heteroatoms. The van der Waals surface area contributed by atoms with Crippen LogP contribution in [0.2, 0.25) is 0 Å². The number of ether oxygens (including phenoxy) is 1. The van der Waals surface area contributed by atoms with Crippen LogP contribution in [0.1, 0.15) is 12.0 Å². The van der Waals surface area contributed by atoms with E-state index in [0.717, 1.165) is 26.1 Å². The minimum atomic E-state index is -3.54. The predicted molar refractivity (Wildman–Crippen MR) is 98.1 cm³/mol. The molecule has 0 aromatic heterocycles. The zero-order valence-corrected chi connectivity index (χ0v) is 15.3. The van der Waals surface area contributed by atoms with Crippen molar-refractivity contribution in [3.8, 4) is 5.75 Å². The zero-order chi connectivity index (χ0) is 17.7. The summed E-state index contributed by atoms with van der Waals surface area (Å²) in [6, 6.07) is 17.1. The average Bonchev–Trinajstić information content (AvgIpc) is 2.88. The molecule has 0 amide bonds. The van der Waals surface area contributed by atoms with E-state index in [-0.39, 0.29) is 4.90 Å². The highest BCUT2D eigenvalue weighted by Gasteiger charge is 2.29. The first-order valence-corrected chi connectivity index (χ1v) is 9.95. The summed E-state index contributed by atoms with van der Waals surface area (Å²) in [4.78, 5) is 2.56. The van der Waals surface area contributed by atoms with Crippen molar-refractivity contribution in [2.75, 3.05) is 33.3 Å². The number of methoxy groups -OCH3 is 1. The van der Waals surface area contributed by atoms with E-state index in [1.807, 2.05) is 18.2 Å². The Morgan fingerprint density at radius 1 is 0.920 bits per heavy atom. The monoisotopic (exact) mass is 360 g/mol. The van der Waals surface area contributed by atoms with Gasteiger partial charge in [-0.1, -0.05) is 42.5 Å². The third-order valence-corrected chi connectivity index (χ3v) is 6.42. The number of hydrogen-bond donors (Lipinski definition) is 0. The maximum atomic E-state index is 13.0. The van der Waals surface area contributed by atoms with Crippen LogP contribution in [0.4, 0.5) is 0 Å². The van der Waals surface area contributed by atoms with Gasteiger partial charge in [-0.15, -0.1) is 0 Å². The van der Waals surface area contributed by atoms with Gasteiger partial charge in [-0.2, -0.15) is 4.31 Å². The molecule has 1 saturated heterocycles. The Hall–Kier alpha value is -1.89. The van der Waals surface area contributed by atoms with Crippen LogP contribution in [-0.2, 0) is 16.6 Å². The summed E-state index contributed by atoms with van der Waals surface area (Å²) in [6.07, 6.45) is 0.821. The van der Waals surface area contributed by atoms with Gasteiger partial charge in [-0.05, 0) is 30.7 Å². The molecule has 1 fully saturated rings. The second-order valence-electron chi connectivity index (χ2n) is 6.17. The molecular formula is C19H24N2O3S. The normalized spacial score (nSPS) is 17.2. The van der Waals surface area contributed by atoms with Crippen LogP contribution in [0.15, 0.2) is 59.5 Å². The van der Waals surface area contributed by atoms with E-state index < -0.39 is 10.0 Å². The van der Waals surface area contributed by atoms with Crippen molar-refractivity contribution >= 4 is 10.0 Å². The fourth-order valence-corrected chi connectivity index (χ4v) is 4.78. The molecular weight excluding hydrogens is 336 g/mol. The van der Waals surface area contributed by atoms with Gasteiger partial charge < -0.3 is 4.74 Å². The lowest BCUT2D eigenvalue weighted by atomic mass is 10.2. The van der Waals surface area contributed by atoms with Gasteiger partial charge in [-0.25, -0.2) is 8.42 Å². The fourth-order valence-electron chi connectivity index (χ4n) is 3.16. The molecule has 0 saturated carbocycles. The van der Waals surface area contributed by atoms with E-state index in [0.29, 0.717) is 18.8 Å². The van der Waals surface area contributed by atoms with Gasteiger partial charge >= 0.3 is 0 Å². The van der Waals surface area contributed by atoms with Gasteiger partial charge in [0.25, 0.3) is 0 Å². The first-order valence-electron chi connectivity index (χ1n) is 8.51. The Labute approximate surface area is 149 Å². The minimum Gasteiger partial charge on any atom is -0.495 e. The van der Waals surface area contributed by atoms with Gasteiger partial charge in [0.1, 0.15) is 10.6 Å². The first-order chi connectivity index (χ1) is 12.1. The van der Waals surface area contributed by atoms with Gasteiger partial charge in [0.2, 0.25) is 10.0 Å². The van der Waals surface area contributed by atoms with Crippen molar-refractivity contribution in [1.82, 2.24) is 9.21 Å². The van der Waals surface area contributed by atoms with E-state index in [2.05, 4.69) is 17.0 Å². The van der Waals surface area contributed by atoms with Gasteiger partial charge in [0.05, 0.1) is 7.11 Å². The number of para-hydroxylation sites is 1. The number of hydrogen-bond acceptors (Lipinski definition) is 4. The smallest absolute Gasteiger partial charge is 0.246 e. The second-order valence-corrected chi connectivity index (χ2v) is 8.08. The Morgan fingerprint density at radius 3 is 2.40 bits per heavy atom. The number of benzene rings is 2. The summed E-state index contributed by atoms with van der Waals surface area (Å²) < 4.78 is 32.8. The predicted octanol–water partition coefficient (Wildman–Crippen LogP) is 2.59. The number of nitrogens with zero attached hydrogens (tertiary/aromatic N) is 2. The highest BCUT2D eigenvalue weighted by molar-refractivity contribution is 7.89. The molecule has 0 spiro atoms. The van der Waals surface area contributed by atoms with Gasteiger partial charge in [0.15, 0.2) is 0 Å². The molecule has 0 atom stereocenters. The van der Waals surface area contributed by atoms with E-state index in [1.54, 1.807) is 28.6 Å². The van der Waals surface area contributed by atoms with Crippen molar-refractivity contribution in [2.24, 2.45) is 0 Å². The van der Waals surface area contributed by atoms with Crippen LogP contribution >= 0.6 is 0 Å². The third kappa shape index (κ3) is 4.21. The topological polar surface area (TPSA) is 49.9 Å². The van der Waals surface area contributed by atoms with Gasteiger partial charge in [-0.3, -0.25) is 4.90 Å². The van der Waals surface area contributed by atoms with Crippen molar-refractivity contribution in [1.29, 1.82) is 0 Å². The van der Waals surface area contributed by atoms with Crippen LogP contribution in [0.3, 0.4) is 0 Å². The number of sulfonamides is 1. The molecule has 1 aliphatic rings. The lowest BCUT2D eigenvalue weighted by Crippen LogP contribution is -2.35. The van der Waals surface area contributed by atoms with Crippen LogP contribution in [0.25, 0.3) is 0 Å². The van der Waals surface area contributed by atoms with Crippen molar-refractivity contribution in [3.63, 3.8) is 0 Å². The quantitative estimate of drug-likeness (QED) is 0.822. The number of rotatable bonds is 5. The van der Waals surface area contributed by atoms with E-state index >= 15 is 0 Å². The molecule has 0 unspecified atom stereocenters. The van der Waals surface area contributed by atoms with E-state index in [9.17, 15) is 8.42 Å². The molecule has 134 valence electrons. The average molecular weight is 360 g/mol. The third-order valence-electron chi connectivity index (χ3n) is 4.48. The standard InChI is InChI=1S/C19H24N2O3S/c1-24-18-10-5-6-11-19(18)25(22,23)21-13-7-12-20(14-15-21)16-17-8-3-2-4-9-17/h2-6,8-11H,7,12-16H2,1H3. The molecule has 0 radical (unpaired) electrons. The summed E-state index contributed by atoms with van der Waals surface area (Å²) in [6.45, 7) is 3.50. The molecule has 0 aliphatic carbocycles. The zero-order valence-electron chi connectivity index (χ0n) is 14.5. The van der Waals surface area contributed by atoms with Crippen LogP contribution in [0, 0.1) is 0 Å². The summed E-state index contributed by atoms with van der Waals surface area (Å²) in [5.74, 6) is 0.396. The van der Waals surface area contributed by atoms with E-state index in [1.165, 1.54) is 12.7 Å². The maximum Gasteiger partial charge on any atom is 0.246 e. The SMILES string of the molecule is COc1ccccc1S(=O)(=O)N1CCCN(Cc2ccccc2)CC1. The van der Waals surface area contributed by atoms with Crippen LogP contribution in [0.5, 0.6) is 5.75 Å². The summed E-state index contributed by atoms with van der Waals surface area (Å²) >= 11 is 0. The second kappa shape index (κ2) is 7.99. The molecule has 5 nitrogen and oxygen atoms in total. The van der Waals surface area contributed by atoms with Crippen LogP contribution < -0.4 is 4.74 Å². The molecule has 25 heavy (non-hydrogen) atoms. The lowest BCUT2D eigenvalue weighted by molar-refractivity contribution is 0.278. The Balaban J connectivity index is 1.72. The highest BCUT2D eigenvalue weighted by Crippen LogP contribution is 2.27. The summed E-state index contributed by atoms with van der Waals surface area (Å²) in [5, 5.41) is 0. The fraction of sp³-hybridized carbons (Fsp3) is 0.368. The molecule has 2 aromatic rings.